The molecule has 0 fully saturated rings. The van der Waals surface area contributed by atoms with Crippen molar-refractivity contribution in [3.8, 4) is 5.75 Å². The van der Waals surface area contributed by atoms with Crippen molar-refractivity contribution in [2.24, 2.45) is 0 Å². The molecule has 17 heavy (non-hydrogen) atoms. The average Bonchev–Trinajstić information content (AvgIpc) is 2.15. The van der Waals surface area contributed by atoms with Gasteiger partial charge in [-0.2, -0.15) is 8.78 Å². The number of hydrogen-bond donors (Lipinski definition) is 0. The maximum Gasteiger partial charge on any atom is 0.387 e. The highest BCUT2D eigenvalue weighted by atomic mass is 32.2. The minimum absolute atomic E-state index is 0.0161. The van der Waals surface area contributed by atoms with Gasteiger partial charge in [-0.15, -0.1) is 0 Å². The summed E-state index contributed by atoms with van der Waals surface area (Å²) in [4.78, 5) is 0.0998. The van der Waals surface area contributed by atoms with Gasteiger partial charge in [0.15, 0.2) is 9.84 Å². The lowest BCUT2D eigenvalue weighted by Crippen LogP contribution is -2.07. The Kier molecular flexibility index (Phi) is 4.08. The van der Waals surface area contributed by atoms with Crippen molar-refractivity contribution >= 4 is 9.84 Å². The van der Waals surface area contributed by atoms with Gasteiger partial charge < -0.3 is 4.74 Å². The second-order valence-corrected chi connectivity index (χ2v) is 6.02. The molecule has 0 aromatic heterocycles. The van der Waals surface area contributed by atoms with Crippen LogP contribution in [0.3, 0.4) is 0 Å². The quantitative estimate of drug-likeness (QED) is 0.839. The zero-order valence-corrected chi connectivity index (χ0v) is 10.6. The number of sulfone groups is 1. The number of hydrogen-bond acceptors (Lipinski definition) is 3. The summed E-state index contributed by atoms with van der Waals surface area (Å²) in [5.74, 6) is -0.0900. The predicted octanol–water partition coefficient (Wildman–Crippen LogP) is 2.81. The molecule has 0 aliphatic carbocycles. The number of rotatable bonds is 4. The second-order valence-electron chi connectivity index (χ2n) is 4.01. The van der Waals surface area contributed by atoms with E-state index < -0.39 is 16.4 Å². The van der Waals surface area contributed by atoms with Gasteiger partial charge in [0.2, 0.25) is 0 Å². The summed E-state index contributed by atoms with van der Waals surface area (Å²) in [6, 6.07) is 3.90. The largest absolute Gasteiger partial charge is 0.435 e. The normalized spacial score (nSPS) is 12.2. The smallest absolute Gasteiger partial charge is 0.387 e. The van der Waals surface area contributed by atoms with Crippen molar-refractivity contribution in [3.63, 3.8) is 0 Å². The minimum atomic E-state index is -3.35. The molecule has 0 spiro atoms. The van der Waals surface area contributed by atoms with E-state index in [1.807, 2.05) is 0 Å². The summed E-state index contributed by atoms with van der Waals surface area (Å²) in [7, 11) is -3.35. The van der Waals surface area contributed by atoms with Crippen LogP contribution in [0.5, 0.6) is 5.75 Å². The Morgan fingerprint density at radius 1 is 1.24 bits per heavy atom. The van der Waals surface area contributed by atoms with Gasteiger partial charge in [-0.05, 0) is 29.7 Å². The number of alkyl halides is 2. The topological polar surface area (TPSA) is 43.4 Å². The van der Waals surface area contributed by atoms with Crippen LogP contribution in [0, 0.1) is 0 Å². The first kappa shape index (κ1) is 13.9. The fourth-order valence-corrected chi connectivity index (χ4v) is 2.07. The lowest BCUT2D eigenvalue weighted by atomic mass is 10.0. The molecule has 0 saturated heterocycles. The molecule has 0 saturated carbocycles. The van der Waals surface area contributed by atoms with Gasteiger partial charge in [-0.1, -0.05) is 13.8 Å². The Morgan fingerprint density at radius 3 is 2.24 bits per heavy atom. The van der Waals surface area contributed by atoms with Crippen LogP contribution >= 0.6 is 0 Å². The molecule has 0 unspecified atom stereocenters. The zero-order valence-electron chi connectivity index (χ0n) is 9.78. The van der Waals surface area contributed by atoms with E-state index in [2.05, 4.69) is 4.74 Å². The molecule has 1 aromatic carbocycles. The Balaban J connectivity index is 3.27. The second kappa shape index (κ2) is 5.00. The Hall–Kier alpha value is -1.17. The number of ether oxygens (including phenoxy) is 1. The fourth-order valence-electron chi connectivity index (χ4n) is 1.41. The van der Waals surface area contributed by atoms with Crippen molar-refractivity contribution < 1.29 is 21.9 Å². The van der Waals surface area contributed by atoms with E-state index in [-0.39, 0.29) is 16.6 Å². The highest BCUT2D eigenvalue weighted by Gasteiger charge is 2.16. The van der Waals surface area contributed by atoms with Gasteiger partial charge >= 0.3 is 6.61 Å². The Labute approximate surface area is 99.3 Å². The van der Waals surface area contributed by atoms with Crippen LogP contribution in [0.15, 0.2) is 23.1 Å². The monoisotopic (exact) mass is 264 g/mol. The standard InChI is InChI=1S/C11H14F2O3S/c1-7(2)9-6-8(17(3,14)15)4-5-10(9)16-11(12)13/h4-7,11H,1-3H3. The SMILES string of the molecule is CC(C)c1cc(S(C)(=O)=O)ccc1OC(F)F. The molecular formula is C11H14F2O3S. The summed E-state index contributed by atoms with van der Waals surface area (Å²) in [6.45, 7) is 0.635. The van der Waals surface area contributed by atoms with E-state index in [0.717, 1.165) is 6.26 Å². The van der Waals surface area contributed by atoms with Gasteiger partial charge in [0.25, 0.3) is 0 Å². The van der Waals surface area contributed by atoms with Crippen molar-refractivity contribution in [2.45, 2.75) is 31.3 Å². The summed E-state index contributed by atoms with van der Waals surface area (Å²) in [5.41, 5.74) is 0.452. The summed E-state index contributed by atoms with van der Waals surface area (Å²) in [5, 5.41) is 0. The summed E-state index contributed by atoms with van der Waals surface area (Å²) in [6.07, 6.45) is 1.07. The third kappa shape index (κ3) is 3.66. The van der Waals surface area contributed by atoms with E-state index in [0.29, 0.717) is 5.56 Å². The van der Waals surface area contributed by atoms with E-state index in [1.54, 1.807) is 13.8 Å². The van der Waals surface area contributed by atoms with Gasteiger partial charge in [-0.25, -0.2) is 8.42 Å². The minimum Gasteiger partial charge on any atom is -0.435 e. The lowest BCUT2D eigenvalue weighted by molar-refractivity contribution is -0.0505. The zero-order chi connectivity index (χ0) is 13.2. The molecule has 0 aliphatic rings. The third-order valence-corrected chi connectivity index (χ3v) is 3.36. The maximum atomic E-state index is 12.2. The lowest BCUT2D eigenvalue weighted by Gasteiger charge is -2.14. The third-order valence-electron chi connectivity index (χ3n) is 2.25. The molecule has 0 radical (unpaired) electrons. The molecule has 0 heterocycles. The van der Waals surface area contributed by atoms with Crippen LogP contribution in [0.25, 0.3) is 0 Å². The molecule has 1 aromatic rings. The first-order valence-corrected chi connectivity index (χ1v) is 6.89. The van der Waals surface area contributed by atoms with E-state index >= 15 is 0 Å². The first-order valence-electron chi connectivity index (χ1n) is 5.00. The Bertz CT molecular complexity index is 495. The highest BCUT2D eigenvalue weighted by Crippen LogP contribution is 2.30. The Morgan fingerprint density at radius 2 is 1.82 bits per heavy atom. The maximum absolute atomic E-state index is 12.2. The molecule has 0 N–H and O–H groups in total. The van der Waals surface area contributed by atoms with Crippen LogP contribution < -0.4 is 4.74 Å². The van der Waals surface area contributed by atoms with Gasteiger partial charge in [-0.3, -0.25) is 0 Å². The van der Waals surface area contributed by atoms with E-state index in [9.17, 15) is 17.2 Å². The fraction of sp³-hybridized carbons (Fsp3) is 0.455. The van der Waals surface area contributed by atoms with Gasteiger partial charge in [0.05, 0.1) is 4.90 Å². The van der Waals surface area contributed by atoms with E-state index in [4.69, 9.17) is 0 Å². The van der Waals surface area contributed by atoms with Crippen LogP contribution in [0.1, 0.15) is 25.3 Å². The van der Waals surface area contributed by atoms with Crippen LogP contribution in [-0.4, -0.2) is 21.3 Å². The molecule has 6 heteroatoms. The summed E-state index contributed by atoms with van der Waals surface area (Å²) >= 11 is 0. The number of benzene rings is 1. The van der Waals surface area contributed by atoms with Crippen LogP contribution in [0.4, 0.5) is 8.78 Å². The molecule has 0 aliphatic heterocycles. The highest BCUT2D eigenvalue weighted by molar-refractivity contribution is 7.90. The van der Waals surface area contributed by atoms with E-state index in [1.165, 1.54) is 18.2 Å². The van der Waals surface area contributed by atoms with Crippen molar-refractivity contribution in [2.75, 3.05) is 6.26 Å². The molecule has 1 rings (SSSR count). The predicted molar refractivity (Wildman–Crippen MR) is 60.3 cm³/mol. The molecule has 0 amide bonds. The van der Waals surface area contributed by atoms with Crippen molar-refractivity contribution in [3.05, 3.63) is 23.8 Å². The van der Waals surface area contributed by atoms with Crippen molar-refractivity contribution in [1.82, 2.24) is 0 Å². The molecule has 0 bridgehead atoms. The molecule has 3 nitrogen and oxygen atoms in total. The molecular weight excluding hydrogens is 250 g/mol. The van der Waals surface area contributed by atoms with Crippen LogP contribution in [-0.2, 0) is 9.84 Å². The summed E-state index contributed by atoms with van der Waals surface area (Å²) < 4.78 is 51.4. The molecule has 96 valence electrons. The van der Waals surface area contributed by atoms with Crippen molar-refractivity contribution in [1.29, 1.82) is 0 Å². The van der Waals surface area contributed by atoms with Gasteiger partial charge in [0, 0.05) is 6.26 Å². The van der Waals surface area contributed by atoms with Crippen LogP contribution in [0.2, 0.25) is 0 Å². The average molecular weight is 264 g/mol. The molecule has 0 atom stereocenters. The number of halogens is 2. The first-order chi connectivity index (χ1) is 7.71. The van der Waals surface area contributed by atoms with Gasteiger partial charge in [0.1, 0.15) is 5.75 Å².